The summed E-state index contributed by atoms with van der Waals surface area (Å²) in [6.45, 7) is 3.54. The SMILES string of the molecule is CCC(CC)(CC(=O)Nc1cnc(Br)cn1)C(=O)O. The van der Waals surface area contributed by atoms with E-state index in [1.54, 1.807) is 13.8 Å². The van der Waals surface area contributed by atoms with Gasteiger partial charge in [0.2, 0.25) is 5.91 Å². The summed E-state index contributed by atoms with van der Waals surface area (Å²) in [7, 11) is 0. The molecule has 0 fully saturated rings. The molecule has 0 saturated carbocycles. The first kappa shape index (κ1) is 15.6. The zero-order chi connectivity index (χ0) is 14.5. The monoisotopic (exact) mass is 329 g/mol. The van der Waals surface area contributed by atoms with Crippen LogP contribution in [0.2, 0.25) is 0 Å². The fraction of sp³-hybridized carbons (Fsp3) is 0.500. The Balaban J connectivity index is 2.73. The summed E-state index contributed by atoms with van der Waals surface area (Å²) >= 11 is 3.14. The van der Waals surface area contributed by atoms with Crippen LogP contribution in [0.25, 0.3) is 0 Å². The second-order valence-electron chi connectivity index (χ2n) is 4.24. The Morgan fingerprint density at radius 2 is 1.95 bits per heavy atom. The molecule has 1 heterocycles. The lowest BCUT2D eigenvalue weighted by Gasteiger charge is -2.25. The average Bonchev–Trinajstić information content (AvgIpc) is 2.38. The zero-order valence-corrected chi connectivity index (χ0v) is 12.4. The van der Waals surface area contributed by atoms with Gasteiger partial charge in [0.25, 0.3) is 0 Å². The fourth-order valence-electron chi connectivity index (χ4n) is 1.75. The summed E-state index contributed by atoms with van der Waals surface area (Å²) < 4.78 is 0.562. The fourth-order valence-corrected chi connectivity index (χ4v) is 1.95. The molecule has 0 aliphatic rings. The van der Waals surface area contributed by atoms with Gasteiger partial charge in [0.05, 0.1) is 17.8 Å². The van der Waals surface area contributed by atoms with Gasteiger partial charge in [-0.2, -0.15) is 0 Å². The molecule has 0 aromatic carbocycles. The number of hydrogen-bond acceptors (Lipinski definition) is 4. The van der Waals surface area contributed by atoms with Crippen molar-refractivity contribution < 1.29 is 14.7 Å². The van der Waals surface area contributed by atoms with Gasteiger partial charge in [-0.25, -0.2) is 9.97 Å². The first-order valence-electron chi connectivity index (χ1n) is 5.94. The number of aliphatic carboxylic acids is 1. The number of halogens is 1. The minimum Gasteiger partial charge on any atom is -0.481 e. The van der Waals surface area contributed by atoms with Crippen LogP contribution in [0.1, 0.15) is 33.1 Å². The quantitative estimate of drug-likeness (QED) is 0.836. The Kier molecular flexibility index (Phi) is 5.41. The van der Waals surface area contributed by atoms with Gasteiger partial charge in [-0.3, -0.25) is 9.59 Å². The van der Waals surface area contributed by atoms with Gasteiger partial charge in [0.1, 0.15) is 4.60 Å². The first-order chi connectivity index (χ1) is 8.93. The molecule has 0 radical (unpaired) electrons. The Morgan fingerprint density at radius 1 is 1.32 bits per heavy atom. The molecule has 0 aliphatic carbocycles. The second-order valence-corrected chi connectivity index (χ2v) is 5.05. The average molecular weight is 330 g/mol. The van der Waals surface area contributed by atoms with Gasteiger partial charge >= 0.3 is 5.97 Å². The third-order valence-electron chi connectivity index (χ3n) is 3.19. The van der Waals surface area contributed by atoms with Gasteiger partial charge in [0, 0.05) is 6.42 Å². The lowest BCUT2D eigenvalue weighted by molar-refractivity contribution is -0.151. The number of anilines is 1. The molecule has 1 rings (SSSR count). The minimum absolute atomic E-state index is 0.0763. The van der Waals surface area contributed by atoms with Crippen molar-refractivity contribution in [1.82, 2.24) is 9.97 Å². The summed E-state index contributed by atoms with van der Waals surface area (Å²) in [5.41, 5.74) is -1.02. The number of nitrogens with one attached hydrogen (secondary N) is 1. The molecule has 1 aromatic heterocycles. The molecule has 6 nitrogen and oxygen atoms in total. The van der Waals surface area contributed by atoms with E-state index in [1.165, 1.54) is 12.4 Å². The van der Waals surface area contributed by atoms with E-state index in [4.69, 9.17) is 0 Å². The molecule has 1 amide bonds. The molecule has 0 aliphatic heterocycles. The standard InChI is InChI=1S/C12H16BrN3O3/c1-3-12(4-2,11(18)19)5-10(17)16-9-7-14-8(13)6-15-9/h6-7H,3-5H2,1-2H3,(H,18,19)(H,15,16,17). The van der Waals surface area contributed by atoms with Crippen LogP contribution in [-0.2, 0) is 9.59 Å². The number of aromatic nitrogens is 2. The molecular formula is C12H16BrN3O3. The van der Waals surface area contributed by atoms with Crippen molar-refractivity contribution in [2.75, 3.05) is 5.32 Å². The van der Waals surface area contributed by atoms with Crippen LogP contribution in [0.15, 0.2) is 17.0 Å². The third-order valence-corrected chi connectivity index (χ3v) is 3.60. The largest absolute Gasteiger partial charge is 0.481 e. The third kappa shape index (κ3) is 3.99. The molecule has 2 N–H and O–H groups in total. The molecule has 7 heteroatoms. The molecule has 0 unspecified atom stereocenters. The van der Waals surface area contributed by atoms with Crippen molar-refractivity contribution in [3.05, 3.63) is 17.0 Å². The van der Waals surface area contributed by atoms with E-state index in [0.717, 1.165) is 0 Å². The predicted octanol–water partition coefficient (Wildman–Crippen LogP) is 2.46. The summed E-state index contributed by atoms with van der Waals surface area (Å²) in [4.78, 5) is 31.1. The van der Waals surface area contributed by atoms with Crippen LogP contribution < -0.4 is 5.32 Å². The van der Waals surface area contributed by atoms with Crippen molar-refractivity contribution in [3.63, 3.8) is 0 Å². The van der Waals surface area contributed by atoms with Crippen molar-refractivity contribution in [2.45, 2.75) is 33.1 Å². The van der Waals surface area contributed by atoms with E-state index in [9.17, 15) is 14.7 Å². The highest BCUT2D eigenvalue weighted by Crippen LogP contribution is 2.31. The summed E-state index contributed by atoms with van der Waals surface area (Å²) in [5.74, 6) is -1.02. The molecule has 0 saturated heterocycles. The van der Waals surface area contributed by atoms with Crippen LogP contribution in [0.4, 0.5) is 5.82 Å². The van der Waals surface area contributed by atoms with Gasteiger partial charge < -0.3 is 10.4 Å². The first-order valence-corrected chi connectivity index (χ1v) is 6.73. The summed E-state index contributed by atoms with van der Waals surface area (Å²) in [6.07, 6.45) is 3.59. The van der Waals surface area contributed by atoms with Crippen LogP contribution in [0.3, 0.4) is 0 Å². The smallest absolute Gasteiger partial charge is 0.310 e. The van der Waals surface area contributed by atoms with Crippen LogP contribution in [0.5, 0.6) is 0 Å². The van der Waals surface area contributed by atoms with Crippen molar-refractivity contribution >= 4 is 33.6 Å². The Labute approximate surface area is 119 Å². The maximum Gasteiger partial charge on any atom is 0.310 e. The van der Waals surface area contributed by atoms with Crippen LogP contribution in [0, 0.1) is 5.41 Å². The highest BCUT2D eigenvalue weighted by Gasteiger charge is 2.37. The molecule has 0 atom stereocenters. The van der Waals surface area contributed by atoms with E-state index < -0.39 is 11.4 Å². The number of carboxylic acids is 1. The molecule has 19 heavy (non-hydrogen) atoms. The van der Waals surface area contributed by atoms with E-state index in [0.29, 0.717) is 23.3 Å². The van der Waals surface area contributed by atoms with Crippen molar-refractivity contribution in [1.29, 1.82) is 0 Å². The van der Waals surface area contributed by atoms with Gasteiger partial charge in [0.15, 0.2) is 5.82 Å². The molecule has 0 bridgehead atoms. The normalized spacial score (nSPS) is 11.1. The number of amides is 1. The van der Waals surface area contributed by atoms with Gasteiger partial charge in [-0.15, -0.1) is 0 Å². The minimum atomic E-state index is -1.02. The van der Waals surface area contributed by atoms with Crippen LogP contribution >= 0.6 is 15.9 Å². The molecule has 0 spiro atoms. The molecule has 104 valence electrons. The van der Waals surface area contributed by atoms with Crippen LogP contribution in [-0.4, -0.2) is 27.0 Å². The number of hydrogen-bond donors (Lipinski definition) is 2. The number of rotatable bonds is 6. The van der Waals surface area contributed by atoms with E-state index in [1.807, 2.05) is 0 Å². The lowest BCUT2D eigenvalue weighted by atomic mass is 9.79. The topological polar surface area (TPSA) is 92.2 Å². The predicted molar refractivity (Wildman–Crippen MR) is 73.6 cm³/mol. The summed E-state index contributed by atoms with van der Waals surface area (Å²) in [5, 5.41) is 11.8. The van der Waals surface area contributed by atoms with E-state index >= 15 is 0 Å². The lowest BCUT2D eigenvalue weighted by Crippen LogP contribution is -2.34. The number of carbonyl (C=O) groups excluding carboxylic acids is 1. The Bertz CT molecular complexity index is 458. The van der Waals surface area contributed by atoms with Gasteiger partial charge in [-0.05, 0) is 28.8 Å². The summed E-state index contributed by atoms with van der Waals surface area (Å²) in [6, 6.07) is 0. The number of carboxylic acid groups (broad SMARTS) is 1. The molecular weight excluding hydrogens is 314 g/mol. The molecule has 1 aromatic rings. The van der Waals surface area contributed by atoms with E-state index in [-0.39, 0.29) is 12.3 Å². The van der Waals surface area contributed by atoms with Gasteiger partial charge in [-0.1, -0.05) is 13.8 Å². The number of carbonyl (C=O) groups is 2. The highest BCUT2D eigenvalue weighted by molar-refractivity contribution is 9.10. The highest BCUT2D eigenvalue weighted by atomic mass is 79.9. The Hall–Kier alpha value is -1.50. The second kappa shape index (κ2) is 6.60. The maximum absolute atomic E-state index is 11.9. The Morgan fingerprint density at radius 3 is 2.37 bits per heavy atom. The van der Waals surface area contributed by atoms with E-state index in [2.05, 4.69) is 31.2 Å². The number of nitrogens with zero attached hydrogens (tertiary/aromatic N) is 2. The van der Waals surface area contributed by atoms with Crippen molar-refractivity contribution in [3.8, 4) is 0 Å². The maximum atomic E-state index is 11.9. The zero-order valence-electron chi connectivity index (χ0n) is 10.8. The van der Waals surface area contributed by atoms with Crippen molar-refractivity contribution in [2.24, 2.45) is 5.41 Å².